The first-order valence-corrected chi connectivity index (χ1v) is 30.5. The van der Waals surface area contributed by atoms with Crippen LogP contribution in [0, 0.1) is 0 Å². The molecular formula is C63H116O6. The number of unbranched alkanes of at least 4 members (excludes halogenated alkanes) is 39. The van der Waals surface area contributed by atoms with Crippen LogP contribution in [0.5, 0.6) is 0 Å². The van der Waals surface area contributed by atoms with Gasteiger partial charge in [0.1, 0.15) is 13.2 Å². The molecule has 0 unspecified atom stereocenters. The van der Waals surface area contributed by atoms with Crippen molar-refractivity contribution in [3.05, 3.63) is 36.5 Å². The molecule has 0 radical (unpaired) electrons. The van der Waals surface area contributed by atoms with Crippen molar-refractivity contribution >= 4 is 17.9 Å². The molecule has 0 aromatic heterocycles. The Morgan fingerprint density at radius 1 is 0.290 bits per heavy atom. The molecule has 0 aliphatic heterocycles. The average molecular weight is 970 g/mol. The fourth-order valence-electron chi connectivity index (χ4n) is 9.00. The van der Waals surface area contributed by atoms with Crippen LogP contribution >= 0.6 is 0 Å². The van der Waals surface area contributed by atoms with Crippen LogP contribution in [0.15, 0.2) is 36.5 Å². The van der Waals surface area contributed by atoms with E-state index in [-0.39, 0.29) is 31.1 Å². The summed E-state index contributed by atoms with van der Waals surface area (Å²) in [6, 6.07) is 0. The van der Waals surface area contributed by atoms with Crippen molar-refractivity contribution in [3.8, 4) is 0 Å². The zero-order chi connectivity index (χ0) is 50.0. The molecule has 0 saturated carbocycles. The third-order valence-electron chi connectivity index (χ3n) is 13.6. The summed E-state index contributed by atoms with van der Waals surface area (Å²) in [5.74, 6) is -0.865. The second-order valence-corrected chi connectivity index (χ2v) is 20.6. The van der Waals surface area contributed by atoms with E-state index in [1.807, 2.05) is 0 Å². The summed E-state index contributed by atoms with van der Waals surface area (Å²) >= 11 is 0. The van der Waals surface area contributed by atoms with E-state index in [2.05, 4.69) is 57.2 Å². The molecular weight excluding hydrogens is 853 g/mol. The zero-order valence-electron chi connectivity index (χ0n) is 46.3. The summed E-state index contributed by atoms with van der Waals surface area (Å²) in [7, 11) is 0. The Balaban J connectivity index is 4.34. The molecule has 0 aromatic carbocycles. The maximum Gasteiger partial charge on any atom is 0.306 e. The molecule has 6 nitrogen and oxygen atoms in total. The molecule has 0 amide bonds. The highest BCUT2D eigenvalue weighted by molar-refractivity contribution is 5.71. The number of ether oxygens (including phenoxy) is 3. The van der Waals surface area contributed by atoms with E-state index >= 15 is 0 Å². The SMILES string of the molecule is CCCCC/C=C/C/C=C/CCCCCCCCCC(=O)O[C@H](COC(=O)CCCCCCCCC/C=C/CCCCCC)COC(=O)CCCCCCCCCCCCCCCCCCCCC. The van der Waals surface area contributed by atoms with E-state index in [0.29, 0.717) is 19.3 Å². The zero-order valence-corrected chi connectivity index (χ0v) is 46.3. The molecule has 0 aliphatic rings. The second-order valence-electron chi connectivity index (χ2n) is 20.6. The van der Waals surface area contributed by atoms with Crippen molar-refractivity contribution < 1.29 is 28.6 Å². The number of hydrogen-bond donors (Lipinski definition) is 0. The second kappa shape index (κ2) is 58.2. The minimum absolute atomic E-state index is 0.0728. The van der Waals surface area contributed by atoms with Crippen molar-refractivity contribution in [1.29, 1.82) is 0 Å². The van der Waals surface area contributed by atoms with Gasteiger partial charge in [0.05, 0.1) is 0 Å². The average Bonchev–Trinajstić information content (AvgIpc) is 3.35. The van der Waals surface area contributed by atoms with Crippen LogP contribution in [0.2, 0.25) is 0 Å². The number of rotatable bonds is 56. The molecule has 0 heterocycles. The van der Waals surface area contributed by atoms with Crippen LogP contribution in [0.4, 0.5) is 0 Å². The maximum absolute atomic E-state index is 12.9. The monoisotopic (exact) mass is 969 g/mol. The highest BCUT2D eigenvalue weighted by atomic mass is 16.6. The molecule has 0 bridgehead atoms. The lowest BCUT2D eigenvalue weighted by molar-refractivity contribution is -0.167. The van der Waals surface area contributed by atoms with E-state index in [4.69, 9.17) is 14.2 Å². The van der Waals surface area contributed by atoms with Gasteiger partial charge in [-0.25, -0.2) is 0 Å². The van der Waals surface area contributed by atoms with Gasteiger partial charge < -0.3 is 14.2 Å². The summed E-state index contributed by atoms with van der Waals surface area (Å²) in [4.78, 5) is 38.2. The summed E-state index contributed by atoms with van der Waals surface area (Å²) in [6.07, 6.45) is 69.9. The molecule has 0 saturated heterocycles. The standard InChI is InChI=1S/C63H116O6/c1-4-7-10-13-16-19-22-25-28-30-31-33-35-38-41-44-47-50-53-56-62(65)68-59-60(58-67-61(64)55-52-49-46-43-40-37-34-27-24-21-18-15-12-9-6-3)69-63(66)57-54-51-48-45-42-39-36-32-29-26-23-20-17-14-11-8-5-2/h17,20-21,24,26,29,60H,4-16,18-19,22-23,25,27-28,30-59H2,1-3H3/b20-17+,24-21+,29-26+/t60-/m1/s1. The Morgan fingerprint density at radius 2 is 0.522 bits per heavy atom. The molecule has 0 N–H and O–H groups in total. The fourth-order valence-corrected chi connectivity index (χ4v) is 9.00. The third-order valence-corrected chi connectivity index (χ3v) is 13.6. The van der Waals surface area contributed by atoms with Crippen LogP contribution in [-0.4, -0.2) is 37.2 Å². The Morgan fingerprint density at radius 3 is 0.855 bits per heavy atom. The molecule has 0 fully saturated rings. The van der Waals surface area contributed by atoms with E-state index in [1.54, 1.807) is 0 Å². The lowest BCUT2D eigenvalue weighted by Crippen LogP contribution is -2.30. The van der Waals surface area contributed by atoms with Gasteiger partial charge in [-0.2, -0.15) is 0 Å². The molecule has 1 atom stereocenters. The Kier molecular flexibility index (Phi) is 56.2. The van der Waals surface area contributed by atoms with Gasteiger partial charge >= 0.3 is 17.9 Å². The van der Waals surface area contributed by atoms with Crippen LogP contribution in [0.3, 0.4) is 0 Å². The van der Waals surface area contributed by atoms with Gasteiger partial charge in [-0.3, -0.25) is 14.4 Å². The first-order chi connectivity index (χ1) is 34.0. The van der Waals surface area contributed by atoms with E-state index < -0.39 is 6.10 Å². The highest BCUT2D eigenvalue weighted by Gasteiger charge is 2.19. The minimum Gasteiger partial charge on any atom is -0.462 e. The lowest BCUT2D eigenvalue weighted by atomic mass is 10.0. The fraction of sp³-hybridized carbons (Fsp3) is 0.857. The van der Waals surface area contributed by atoms with Crippen LogP contribution in [-0.2, 0) is 28.6 Å². The first-order valence-electron chi connectivity index (χ1n) is 30.5. The van der Waals surface area contributed by atoms with Crippen molar-refractivity contribution in [1.82, 2.24) is 0 Å². The van der Waals surface area contributed by atoms with Gasteiger partial charge in [0.25, 0.3) is 0 Å². The number of esters is 3. The van der Waals surface area contributed by atoms with Crippen LogP contribution < -0.4 is 0 Å². The third kappa shape index (κ3) is 56.4. The molecule has 0 spiro atoms. The summed E-state index contributed by atoms with van der Waals surface area (Å²) in [6.45, 7) is 6.64. The van der Waals surface area contributed by atoms with Gasteiger partial charge in [-0.15, -0.1) is 0 Å². The normalized spacial score (nSPS) is 12.2. The van der Waals surface area contributed by atoms with Crippen LogP contribution in [0.1, 0.15) is 329 Å². The molecule has 404 valence electrons. The van der Waals surface area contributed by atoms with Crippen molar-refractivity contribution in [2.24, 2.45) is 0 Å². The minimum atomic E-state index is -0.776. The van der Waals surface area contributed by atoms with Gasteiger partial charge in [0.15, 0.2) is 6.10 Å². The molecule has 0 aliphatic carbocycles. The Labute approximate surface area is 429 Å². The molecule has 0 aromatic rings. The molecule has 6 heteroatoms. The first kappa shape index (κ1) is 66.6. The molecule has 69 heavy (non-hydrogen) atoms. The number of hydrogen-bond acceptors (Lipinski definition) is 6. The Bertz CT molecular complexity index is 1160. The Hall–Kier alpha value is -2.37. The predicted molar refractivity (Wildman–Crippen MR) is 298 cm³/mol. The maximum atomic E-state index is 12.9. The van der Waals surface area contributed by atoms with E-state index in [1.165, 1.54) is 218 Å². The summed E-state index contributed by atoms with van der Waals surface area (Å²) < 4.78 is 16.9. The van der Waals surface area contributed by atoms with E-state index in [0.717, 1.165) is 70.6 Å². The van der Waals surface area contributed by atoms with Crippen molar-refractivity contribution in [2.45, 2.75) is 335 Å². The number of allylic oxidation sites excluding steroid dienone is 6. The molecule has 0 rings (SSSR count). The summed E-state index contributed by atoms with van der Waals surface area (Å²) in [5, 5.41) is 0. The van der Waals surface area contributed by atoms with Crippen LogP contribution in [0.25, 0.3) is 0 Å². The topological polar surface area (TPSA) is 78.9 Å². The van der Waals surface area contributed by atoms with Gasteiger partial charge in [-0.1, -0.05) is 269 Å². The lowest BCUT2D eigenvalue weighted by Gasteiger charge is -2.18. The summed E-state index contributed by atoms with van der Waals surface area (Å²) in [5.41, 5.74) is 0. The predicted octanol–water partition coefficient (Wildman–Crippen LogP) is 20.4. The highest BCUT2D eigenvalue weighted by Crippen LogP contribution is 2.17. The van der Waals surface area contributed by atoms with E-state index in [9.17, 15) is 14.4 Å². The largest absolute Gasteiger partial charge is 0.462 e. The van der Waals surface area contributed by atoms with Gasteiger partial charge in [0, 0.05) is 19.3 Å². The number of carbonyl (C=O) groups excluding carboxylic acids is 3. The van der Waals surface area contributed by atoms with Crippen molar-refractivity contribution in [2.75, 3.05) is 13.2 Å². The quantitative estimate of drug-likeness (QED) is 0.0261. The van der Waals surface area contributed by atoms with Crippen molar-refractivity contribution in [3.63, 3.8) is 0 Å². The smallest absolute Gasteiger partial charge is 0.306 e. The van der Waals surface area contributed by atoms with Gasteiger partial charge in [0.2, 0.25) is 0 Å². The number of carbonyl (C=O) groups is 3. The van der Waals surface area contributed by atoms with Gasteiger partial charge in [-0.05, 0) is 77.0 Å².